The molecule has 0 bridgehead atoms. The molecule has 4 aromatic rings. The van der Waals surface area contributed by atoms with Gasteiger partial charge in [0, 0.05) is 18.8 Å². The summed E-state index contributed by atoms with van der Waals surface area (Å²) in [4.78, 5) is 21.0. The second-order valence-electron chi connectivity index (χ2n) is 6.52. The number of hydrogen-bond acceptors (Lipinski definition) is 5. The van der Waals surface area contributed by atoms with Crippen LogP contribution in [0.15, 0.2) is 52.0 Å². The molecule has 6 heteroatoms. The van der Waals surface area contributed by atoms with Gasteiger partial charge in [0.25, 0.3) is 5.56 Å². The Kier molecular flexibility index (Phi) is 4.03. The summed E-state index contributed by atoms with van der Waals surface area (Å²) in [6.07, 6.45) is 3.26. The molecule has 0 saturated carbocycles. The Morgan fingerprint density at radius 2 is 1.89 bits per heavy atom. The zero-order valence-electron chi connectivity index (χ0n) is 15.6. The monoisotopic (exact) mass is 361 g/mol. The van der Waals surface area contributed by atoms with E-state index in [0.29, 0.717) is 17.3 Å². The van der Waals surface area contributed by atoms with Crippen molar-refractivity contribution in [3.8, 4) is 22.9 Å². The van der Waals surface area contributed by atoms with Crippen molar-refractivity contribution in [2.75, 3.05) is 0 Å². The second kappa shape index (κ2) is 6.39. The quantitative estimate of drug-likeness (QED) is 0.544. The summed E-state index contributed by atoms with van der Waals surface area (Å²) in [6, 6.07) is 9.37. The lowest BCUT2D eigenvalue weighted by Gasteiger charge is -2.15. The maximum atomic E-state index is 12.3. The molecule has 3 heterocycles. The van der Waals surface area contributed by atoms with E-state index in [-0.39, 0.29) is 5.56 Å². The number of ether oxygens (including phenoxy) is 1. The largest absolute Gasteiger partial charge is 0.464 e. The normalized spacial score (nSPS) is 11.1. The van der Waals surface area contributed by atoms with Crippen LogP contribution in [0.4, 0.5) is 0 Å². The van der Waals surface area contributed by atoms with E-state index < -0.39 is 0 Å². The first kappa shape index (κ1) is 17.0. The molecule has 6 nitrogen and oxygen atoms in total. The molecule has 3 aromatic heterocycles. The SMILES string of the molecule is Cc1cc(Oc2nccc3occc23)ccc1-c1c(C)nc(C)c(=O)n1C. The first-order valence-corrected chi connectivity index (χ1v) is 8.61. The van der Waals surface area contributed by atoms with Crippen LogP contribution in [0, 0.1) is 20.8 Å². The molecule has 0 radical (unpaired) electrons. The smallest absolute Gasteiger partial charge is 0.272 e. The minimum Gasteiger partial charge on any atom is -0.464 e. The number of nitrogens with zero attached hydrogens (tertiary/aromatic N) is 3. The Labute approximate surface area is 156 Å². The number of aryl methyl sites for hydroxylation is 3. The second-order valence-corrected chi connectivity index (χ2v) is 6.52. The molecule has 0 fully saturated rings. The first-order chi connectivity index (χ1) is 13.0. The van der Waals surface area contributed by atoms with Crippen molar-refractivity contribution in [2.24, 2.45) is 7.05 Å². The number of pyridine rings is 1. The van der Waals surface area contributed by atoms with Crippen LogP contribution in [-0.4, -0.2) is 14.5 Å². The molecule has 0 amide bonds. The maximum absolute atomic E-state index is 12.3. The standard InChI is InChI=1S/C21H19N3O3/c1-12-11-15(27-20-17-8-10-26-18(17)7-9-22-20)5-6-16(12)19-13(2)23-14(3)21(25)24(19)4/h5-11H,1-4H3. The highest BCUT2D eigenvalue weighted by atomic mass is 16.5. The molecule has 0 aliphatic heterocycles. The molecule has 0 spiro atoms. The third-order valence-corrected chi connectivity index (χ3v) is 4.64. The molecule has 0 unspecified atom stereocenters. The number of aromatic nitrogens is 3. The Bertz CT molecular complexity index is 1220. The van der Waals surface area contributed by atoms with Gasteiger partial charge >= 0.3 is 0 Å². The molecule has 4 rings (SSSR count). The van der Waals surface area contributed by atoms with Crippen LogP contribution in [0.1, 0.15) is 17.0 Å². The van der Waals surface area contributed by atoms with Gasteiger partial charge in [-0.3, -0.25) is 9.78 Å². The van der Waals surface area contributed by atoms with Crippen molar-refractivity contribution in [1.82, 2.24) is 14.5 Å². The minimum absolute atomic E-state index is 0.0915. The van der Waals surface area contributed by atoms with E-state index in [4.69, 9.17) is 9.15 Å². The van der Waals surface area contributed by atoms with Gasteiger partial charge in [-0.1, -0.05) is 0 Å². The number of benzene rings is 1. The van der Waals surface area contributed by atoms with Crippen molar-refractivity contribution < 1.29 is 9.15 Å². The van der Waals surface area contributed by atoms with Gasteiger partial charge in [-0.05, 0) is 56.7 Å². The number of furan rings is 1. The van der Waals surface area contributed by atoms with E-state index in [1.54, 1.807) is 37.1 Å². The van der Waals surface area contributed by atoms with Crippen LogP contribution in [0.25, 0.3) is 22.2 Å². The van der Waals surface area contributed by atoms with Gasteiger partial charge < -0.3 is 13.7 Å². The first-order valence-electron chi connectivity index (χ1n) is 8.61. The summed E-state index contributed by atoms with van der Waals surface area (Å²) in [5.74, 6) is 1.16. The van der Waals surface area contributed by atoms with Crippen molar-refractivity contribution >= 4 is 11.0 Å². The summed E-state index contributed by atoms with van der Waals surface area (Å²) in [7, 11) is 1.77. The molecular weight excluding hydrogens is 342 g/mol. The Hall–Kier alpha value is -3.41. The fourth-order valence-electron chi connectivity index (χ4n) is 3.34. The predicted molar refractivity (Wildman–Crippen MR) is 103 cm³/mol. The van der Waals surface area contributed by atoms with E-state index in [9.17, 15) is 4.79 Å². The Balaban J connectivity index is 1.75. The molecule has 0 atom stereocenters. The molecule has 0 aliphatic carbocycles. The summed E-state index contributed by atoms with van der Waals surface area (Å²) in [5, 5.41) is 0.820. The Morgan fingerprint density at radius 3 is 2.67 bits per heavy atom. The van der Waals surface area contributed by atoms with Crippen LogP contribution in [-0.2, 0) is 7.05 Å². The van der Waals surface area contributed by atoms with E-state index >= 15 is 0 Å². The topological polar surface area (TPSA) is 70.2 Å². The fraction of sp³-hybridized carbons (Fsp3) is 0.190. The van der Waals surface area contributed by atoms with Crippen molar-refractivity contribution in [2.45, 2.75) is 20.8 Å². The molecule has 0 aliphatic rings. The minimum atomic E-state index is -0.0915. The summed E-state index contributed by atoms with van der Waals surface area (Å²) in [6.45, 7) is 5.62. The average molecular weight is 361 g/mol. The molecule has 136 valence electrons. The van der Waals surface area contributed by atoms with Crippen LogP contribution in [0.5, 0.6) is 11.6 Å². The third kappa shape index (κ3) is 2.89. The summed E-state index contributed by atoms with van der Waals surface area (Å²) < 4.78 is 13.0. The number of rotatable bonds is 3. The van der Waals surface area contributed by atoms with E-state index in [1.165, 1.54) is 0 Å². The Morgan fingerprint density at radius 1 is 1.07 bits per heavy atom. The van der Waals surface area contributed by atoms with Gasteiger partial charge in [-0.25, -0.2) is 4.98 Å². The molecule has 27 heavy (non-hydrogen) atoms. The van der Waals surface area contributed by atoms with Gasteiger partial charge in [0.1, 0.15) is 17.0 Å². The lowest BCUT2D eigenvalue weighted by molar-refractivity contribution is 0.468. The van der Waals surface area contributed by atoms with Crippen LogP contribution >= 0.6 is 0 Å². The van der Waals surface area contributed by atoms with Crippen LogP contribution in [0.3, 0.4) is 0 Å². The predicted octanol–water partition coefficient (Wildman–Crippen LogP) is 4.31. The molecular formula is C21H19N3O3. The maximum Gasteiger partial charge on any atom is 0.272 e. The zero-order chi connectivity index (χ0) is 19.1. The number of hydrogen-bond donors (Lipinski definition) is 0. The van der Waals surface area contributed by atoms with Crippen LogP contribution < -0.4 is 10.3 Å². The van der Waals surface area contributed by atoms with E-state index in [0.717, 1.165) is 33.5 Å². The van der Waals surface area contributed by atoms with Crippen molar-refractivity contribution in [1.29, 1.82) is 0 Å². The molecule has 0 N–H and O–H groups in total. The highest BCUT2D eigenvalue weighted by molar-refractivity contribution is 5.82. The van der Waals surface area contributed by atoms with Crippen LogP contribution in [0.2, 0.25) is 0 Å². The zero-order valence-corrected chi connectivity index (χ0v) is 15.6. The highest BCUT2D eigenvalue weighted by Crippen LogP contribution is 2.32. The lowest BCUT2D eigenvalue weighted by Crippen LogP contribution is -2.23. The average Bonchev–Trinajstić information content (AvgIpc) is 3.11. The summed E-state index contributed by atoms with van der Waals surface area (Å²) >= 11 is 0. The third-order valence-electron chi connectivity index (χ3n) is 4.64. The van der Waals surface area contributed by atoms with Crippen molar-refractivity contribution in [3.63, 3.8) is 0 Å². The van der Waals surface area contributed by atoms with Gasteiger partial charge in [0.05, 0.1) is 23.0 Å². The fourth-order valence-corrected chi connectivity index (χ4v) is 3.34. The molecule has 1 aromatic carbocycles. The number of fused-ring (bicyclic) bond motifs is 1. The lowest BCUT2D eigenvalue weighted by atomic mass is 10.0. The highest BCUT2D eigenvalue weighted by Gasteiger charge is 2.14. The molecule has 0 saturated heterocycles. The van der Waals surface area contributed by atoms with E-state index in [2.05, 4.69) is 9.97 Å². The van der Waals surface area contributed by atoms with E-state index in [1.807, 2.05) is 38.1 Å². The summed E-state index contributed by atoms with van der Waals surface area (Å²) in [5.41, 5.74) is 4.68. The van der Waals surface area contributed by atoms with Gasteiger partial charge in [-0.2, -0.15) is 0 Å². The van der Waals surface area contributed by atoms with Crippen molar-refractivity contribution in [3.05, 3.63) is 70.1 Å². The van der Waals surface area contributed by atoms with Gasteiger partial charge in [-0.15, -0.1) is 0 Å². The van der Waals surface area contributed by atoms with Gasteiger partial charge in [0.2, 0.25) is 5.88 Å². The van der Waals surface area contributed by atoms with Gasteiger partial charge in [0.15, 0.2) is 0 Å².